The van der Waals surface area contributed by atoms with E-state index >= 15 is 0 Å². The Kier molecular flexibility index (Phi) is 6.34. The Labute approximate surface area is 300 Å². The number of hydrogen-bond acceptors (Lipinski definition) is 0. The van der Waals surface area contributed by atoms with Gasteiger partial charge in [-0.3, -0.25) is 0 Å². The zero-order chi connectivity index (χ0) is 33.8. The minimum absolute atomic E-state index is 0.0158. The smallest absolute Gasteiger partial charge is 0.0337 e. The molecule has 0 radical (unpaired) electrons. The first kappa shape index (κ1) is 30.8. The Bertz CT molecular complexity index is 1800. The lowest BCUT2D eigenvalue weighted by Gasteiger charge is -2.80. The monoisotopic (exact) mass is 650 g/mol. The molecule has 0 spiro atoms. The van der Waals surface area contributed by atoms with E-state index in [1.54, 1.807) is 22.3 Å². The molecule has 0 aliphatic heterocycles. The molecule has 8 saturated carbocycles. The van der Waals surface area contributed by atoms with Gasteiger partial charge in [0.05, 0.1) is 0 Å². The zero-order valence-corrected chi connectivity index (χ0v) is 30.0. The molecule has 250 valence electrons. The summed E-state index contributed by atoms with van der Waals surface area (Å²) >= 11 is 0. The molecule has 0 N–H and O–H groups in total. The maximum atomic E-state index is 4.08. The SMILES string of the molecule is CC#CC12CC3(c4ccccc4)CC(c4ccccc4)(C1)CC(C14CC5(C#CC)CC(c6ccccc6)(CC(c6ccccc6)(C5)C1)C4)(C2)C3. The van der Waals surface area contributed by atoms with Crippen molar-refractivity contribution in [1.82, 2.24) is 0 Å². The summed E-state index contributed by atoms with van der Waals surface area (Å²) in [6.45, 7) is 4.22. The highest BCUT2D eigenvalue weighted by atomic mass is 14.8. The molecule has 0 aromatic heterocycles. The van der Waals surface area contributed by atoms with Gasteiger partial charge in [-0.05, 0) is 146 Å². The van der Waals surface area contributed by atoms with Crippen LogP contribution in [0.1, 0.15) is 113 Å². The topological polar surface area (TPSA) is 0 Å². The van der Waals surface area contributed by atoms with E-state index in [1.807, 2.05) is 0 Å². The van der Waals surface area contributed by atoms with E-state index in [4.69, 9.17) is 0 Å². The third-order valence-corrected chi connectivity index (χ3v) is 15.6. The van der Waals surface area contributed by atoms with Crippen LogP contribution in [0.25, 0.3) is 0 Å². The zero-order valence-electron chi connectivity index (χ0n) is 30.0. The van der Waals surface area contributed by atoms with Crippen molar-refractivity contribution in [3.05, 3.63) is 144 Å². The molecule has 4 aromatic rings. The Morgan fingerprint density at radius 1 is 0.320 bits per heavy atom. The lowest BCUT2D eigenvalue weighted by molar-refractivity contribution is -0.245. The Hall–Kier alpha value is -4.00. The molecule has 4 aromatic carbocycles. The van der Waals surface area contributed by atoms with Crippen LogP contribution in [0.3, 0.4) is 0 Å². The van der Waals surface area contributed by atoms with Crippen LogP contribution in [0.15, 0.2) is 121 Å². The van der Waals surface area contributed by atoms with Crippen molar-refractivity contribution in [2.45, 2.75) is 113 Å². The van der Waals surface area contributed by atoms with E-state index in [1.165, 1.54) is 77.0 Å². The third-order valence-electron chi connectivity index (χ3n) is 15.6. The van der Waals surface area contributed by atoms with Crippen LogP contribution in [0.4, 0.5) is 0 Å². The predicted octanol–water partition coefficient (Wildman–Crippen LogP) is 11.5. The van der Waals surface area contributed by atoms with E-state index in [2.05, 4.69) is 159 Å². The number of hydrogen-bond donors (Lipinski definition) is 0. The van der Waals surface area contributed by atoms with Gasteiger partial charge >= 0.3 is 0 Å². The first-order chi connectivity index (χ1) is 24.3. The first-order valence-electron chi connectivity index (χ1n) is 19.4. The molecule has 8 aliphatic rings. The summed E-state index contributed by atoms with van der Waals surface area (Å²) in [5.41, 5.74) is 7.07. The minimum Gasteiger partial charge on any atom is -0.106 e. The average molecular weight is 651 g/mol. The highest BCUT2D eigenvalue weighted by Gasteiger charge is 2.78. The molecule has 0 amide bonds. The van der Waals surface area contributed by atoms with Gasteiger partial charge in [-0.15, -0.1) is 11.8 Å². The molecule has 8 aliphatic carbocycles. The Morgan fingerprint density at radius 3 is 0.820 bits per heavy atom. The van der Waals surface area contributed by atoms with Crippen LogP contribution < -0.4 is 0 Å². The average Bonchev–Trinajstić information content (AvgIpc) is 3.12. The van der Waals surface area contributed by atoms with Crippen LogP contribution in [0.5, 0.6) is 0 Å². The lowest BCUT2D eigenvalue weighted by Crippen LogP contribution is -2.73. The van der Waals surface area contributed by atoms with Crippen molar-refractivity contribution in [2.75, 3.05) is 0 Å². The summed E-state index contributed by atoms with van der Waals surface area (Å²) in [6, 6.07) is 47.1. The summed E-state index contributed by atoms with van der Waals surface area (Å²) in [7, 11) is 0. The number of benzene rings is 4. The fourth-order valence-corrected chi connectivity index (χ4v) is 15.6. The van der Waals surface area contributed by atoms with Crippen molar-refractivity contribution in [2.24, 2.45) is 21.7 Å². The normalized spacial score (nSPS) is 41.6. The van der Waals surface area contributed by atoms with E-state index in [-0.39, 0.29) is 43.3 Å². The molecule has 0 heteroatoms. The first-order valence-corrected chi connectivity index (χ1v) is 19.4. The standard InChI is InChI=1S/C50H50/c1-3-25-43-27-45(39-17-9-5-10-18-39)33-46(28-43,40-19-11-6-12-20-40)36-49(31-43,35-45)50-32-44(26-4-2)29-47(37-50,41-21-13-7-14-22-41)34-48(30-44,38-50)42-23-15-8-16-24-42/h5-24H,27-38H2,1-2H3. The summed E-state index contributed by atoms with van der Waals surface area (Å²) in [6.07, 6.45) is 14.9. The van der Waals surface area contributed by atoms with E-state index in [9.17, 15) is 0 Å². The van der Waals surface area contributed by atoms with Gasteiger partial charge < -0.3 is 0 Å². The van der Waals surface area contributed by atoms with E-state index in [0.29, 0.717) is 0 Å². The van der Waals surface area contributed by atoms with Crippen molar-refractivity contribution in [3.8, 4) is 23.7 Å². The molecule has 0 nitrogen and oxygen atoms in total. The molecule has 4 atom stereocenters. The molecule has 50 heavy (non-hydrogen) atoms. The van der Waals surface area contributed by atoms with Crippen molar-refractivity contribution >= 4 is 0 Å². The minimum atomic E-state index is 0.0158. The summed E-state index contributed by atoms with van der Waals surface area (Å²) in [4.78, 5) is 0. The van der Waals surface area contributed by atoms with Gasteiger partial charge in [0.1, 0.15) is 0 Å². The van der Waals surface area contributed by atoms with Crippen molar-refractivity contribution < 1.29 is 0 Å². The van der Waals surface area contributed by atoms with E-state index < -0.39 is 0 Å². The molecule has 0 saturated heterocycles. The van der Waals surface area contributed by atoms with Crippen LogP contribution in [-0.4, -0.2) is 0 Å². The van der Waals surface area contributed by atoms with Crippen molar-refractivity contribution in [1.29, 1.82) is 0 Å². The second kappa shape index (κ2) is 10.3. The van der Waals surface area contributed by atoms with Crippen LogP contribution >= 0.6 is 0 Å². The maximum Gasteiger partial charge on any atom is 0.0337 e. The van der Waals surface area contributed by atoms with Crippen molar-refractivity contribution in [3.63, 3.8) is 0 Å². The van der Waals surface area contributed by atoms with Crippen LogP contribution in [-0.2, 0) is 21.7 Å². The van der Waals surface area contributed by atoms with Gasteiger partial charge in [0, 0.05) is 10.8 Å². The van der Waals surface area contributed by atoms with Gasteiger partial charge in [-0.2, -0.15) is 0 Å². The second-order valence-corrected chi connectivity index (χ2v) is 18.6. The number of rotatable bonds is 5. The molecule has 8 fully saturated rings. The molecular formula is C50H50. The summed E-state index contributed by atoms with van der Waals surface area (Å²) in [5, 5.41) is 0. The Morgan fingerprint density at radius 2 is 0.580 bits per heavy atom. The predicted molar refractivity (Wildman–Crippen MR) is 205 cm³/mol. The second-order valence-electron chi connectivity index (χ2n) is 18.6. The van der Waals surface area contributed by atoms with Gasteiger partial charge in [0.2, 0.25) is 0 Å². The highest BCUT2D eigenvalue weighted by Crippen LogP contribution is 2.85. The van der Waals surface area contributed by atoms with Gasteiger partial charge in [-0.1, -0.05) is 133 Å². The maximum absolute atomic E-state index is 4.08. The molecule has 8 bridgehead atoms. The fraction of sp³-hybridized carbons (Fsp3) is 0.440. The summed E-state index contributed by atoms with van der Waals surface area (Å²) in [5.74, 6) is 15.3. The van der Waals surface area contributed by atoms with Gasteiger partial charge in [0.25, 0.3) is 0 Å². The van der Waals surface area contributed by atoms with Gasteiger partial charge in [-0.25, -0.2) is 0 Å². The molecule has 0 heterocycles. The summed E-state index contributed by atoms with van der Waals surface area (Å²) < 4.78 is 0. The highest BCUT2D eigenvalue weighted by molar-refractivity contribution is 5.48. The lowest BCUT2D eigenvalue weighted by atomic mass is 9.23. The van der Waals surface area contributed by atoms with E-state index in [0.717, 1.165) is 0 Å². The van der Waals surface area contributed by atoms with Crippen LogP contribution in [0, 0.1) is 45.3 Å². The van der Waals surface area contributed by atoms with Crippen LogP contribution in [0.2, 0.25) is 0 Å². The molecule has 12 rings (SSSR count). The fourth-order valence-electron chi connectivity index (χ4n) is 15.6. The quantitative estimate of drug-likeness (QED) is 0.189. The molecular weight excluding hydrogens is 601 g/mol. The largest absolute Gasteiger partial charge is 0.106 e. The Balaban J connectivity index is 1.27. The molecule has 4 unspecified atom stereocenters. The van der Waals surface area contributed by atoms with Gasteiger partial charge in [0.15, 0.2) is 0 Å². The third kappa shape index (κ3) is 4.09.